The first kappa shape index (κ1) is 36.2. The second-order valence-corrected chi connectivity index (χ2v) is 21.4. The van der Waals surface area contributed by atoms with Crippen LogP contribution in [-0.4, -0.2) is 34.4 Å². The van der Waals surface area contributed by atoms with Gasteiger partial charge in [0.05, 0.1) is 17.9 Å². The van der Waals surface area contributed by atoms with Crippen molar-refractivity contribution in [1.29, 1.82) is 0 Å². The first-order valence-corrected chi connectivity index (χ1v) is 25.5. The Bertz CT molecular complexity index is 4060. The van der Waals surface area contributed by atoms with Crippen LogP contribution in [0, 0.1) is 0 Å². The zero-order chi connectivity index (χ0) is 50.8. The van der Waals surface area contributed by atoms with Crippen molar-refractivity contribution in [3.63, 3.8) is 0 Å². The van der Waals surface area contributed by atoms with Crippen LogP contribution in [-0.2, 0) is 0 Å². The van der Waals surface area contributed by atoms with Gasteiger partial charge in [0, 0.05) is 27.6 Å². The Labute approximate surface area is 415 Å². The van der Waals surface area contributed by atoms with Crippen molar-refractivity contribution in [3.05, 3.63) is 267 Å². The maximum absolute atomic E-state index is 9.02. The molecule has 0 radical (unpaired) electrons. The van der Waals surface area contributed by atoms with Gasteiger partial charge in [0.1, 0.15) is 0 Å². The summed E-state index contributed by atoms with van der Waals surface area (Å²) >= 11 is 0. The van der Waals surface area contributed by atoms with Crippen LogP contribution in [0.5, 0.6) is 0 Å². The number of nitrogens with zero attached hydrogens (tertiary/aromatic N) is 5. The van der Waals surface area contributed by atoms with E-state index in [9.17, 15) is 0 Å². The third-order valence-corrected chi connectivity index (χ3v) is 18.5. The van der Waals surface area contributed by atoms with E-state index in [0.717, 1.165) is 75.9 Å². The molecule has 70 heavy (non-hydrogen) atoms. The van der Waals surface area contributed by atoms with E-state index in [4.69, 9.17) is 21.8 Å². The van der Waals surface area contributed by atoms with Gasteiger partial charge in [0.2, 0.25) is 11.9 Å². The van der Waals surface area contributed by atoms with Gasteiger partial charge in [-0.1, -0.05) is 254 Å². The molecule has 2 aromatic heterocycles. The van der Waals surface area contributed by atoms with E-state index in [2.05, 4.69) is 210 Å². The van der Waals surface area contributed by atoms with Crippen molar-refractivity contribution in [3.8, 4) is 39.6 Å². The normalized spacial score (nSPS) is 13.2. The summed E-state index contributed by atoms with van der Waals surface area (Å²) in [5.74, 6) is 1.44. The molecule has 0 bridgehead atoms. The van der Waals surface area contributed by atoms with E-state index in [1.807, 2.05) is 36.4 Å². The Balaban J connectivity index is 1.09. The van der Waals surface area contributed by atoms with E-state index < -0.39 is 14.1 Å². The lowest BCUT2D eigenvalue weighted by Gasteiger charge is -2.37. The molecule has 3 heterocycles. The van der Waals surface area contributed by atoms with Gasteiger partial charge in [-0.15, -0.1) is 0 Å². The number of fused-ring (bicyclic) bond motifs is 6. The minimum atomic E-state index is -3.37. The first-order chi connectivity index (χ1) is 36.8. The molecule has 0 amide bonds. The predicted molar refractivity (Wildman–Crippen MR) is 294 cm³/mol. The number of para-hydroxylation sites is 3. The highest BCUT2D eigenvalue weighted by Crippen LogP contribution is 2.40. The molecule has 0 spiro atoms. The van der Waals surface area contributed by atoms with Crippen LogP contribution >= 0.6 is 0 Å². The Kier molecular flexibility index (Phi) is 8.95. The van der Waals surface area contributed by atoms with Crippen LogP contribution in [0.2, 0.25) is 0 Å². The molecular formula is C63H44BN5Si. The van der Waals surface area contributed by atoms with Gasteiger partial charge in [-0.3, -0.25) is 4.57 Å². The Morgan fingerprint density at radius 2 is 0.914 bits per heavy atom. The van der Waals surface area contributed by atoms with E-state index >= 15 is 0 Å². The van der Waals surface area contributed by atoms with Crippen LogP contribution in [0.4, 0.5) is 11.6 Å². The summed E-state index contributed by atoms with van der Waals surface area (Å²) in [6.45, 7) is -0.295. The highest BCUT2D eigenvalue weighted by atomic mass is 28.3. The second-order valence-electron chi connectivity index (χ2n) is 17.6. The molecule has 7 heteroatoms. The van der Waals surface area contributed by atoms with Gasteiger partial charge in [-0.05, 0) is 61.1 Å². The standard InChI is InChI=1S/C63H44BN5Si/c1-5-23-45(24-6-1)46-25-21-33-51(43-46)70(49-29-9-3-10-30-49,50-31-11-4-12-32-50)52-34-22-26-47(44-52)61-65-62(68-58-40-18-14-37-55(58)56-38-15-19-41-59(56)68)67-63(66-61)69-60-42-20-16-36-54(60)53-35-13-17-39-57(53)64(69)48-27-7-2-8-28-48/h1-44H/i1D,5D,6D,23D,24D. The number of benzene rings is 10. The molecule has 12 aromatic rings. The Morgan fingerprint density at radius 1 is 0.400 bits per heavy atom. The maximum atomic E-state index is 9.02. The number of hydrogen-bond donors (Lipinski definition) is 0. The average molecular weight is 915 g/mol. The second kappa shape index (κ2) is 17.3. The molecule has 13 rings (SSSR count). The monoisotopic (exact) mass is 914 g/mol. The lowest BCUT2D eigenvalue weighted by molar-refractivity contribution is 0.940. The molecule has 0 fully saturated rings. The van der Waals surface area contributed by atoms with Crippen molar-refractivity contribution < 1.29 is 6.85 Å². The molecule has 0 N–H and O–H groups in total. The van der Waals surface area contributed by atoms with Crippen LogP contribution in [0.1, 0.15) is 6.85 Å². The number of rotatable bonds is 9. The van der Waals surface area contributed by atoms with Gasteiger partial charge in [0.25, 0.3) is 0 Å². The lowest BCUT2D eigenvalue weighted by atomic mass is 9.46. The van der Waals surface area contributed by atoms with Crippen molar-refractivity contribution in [2.75, 3.05) is 4.81 Å². The van der Waals surface area contributed by atoms with Crippen LogP contribution in [0.25, 0.3) is 61.4 Å². The van der Waals surface area contributed by atoms with Crippen LogP contribution in [0.3, 0.4) is 0 Å². The van der Waals surface area contributed by atoms with Crippen LogP contribution in [0.15, 0.2) is 267 Å². The molecule has 1 aliphatic rings. The van der Waals surface area contributed by atoms with E-state index in [1.165, 1.54) is 0 Å². The highest BCUT2D eigenvalue weighted by molar-refractivity contribution is 7.20. The zero-order valence-corrected chi connectivity index (χ0v) is 38.8. The largest absolute Gasteiger partial charge is 0.345 e. The molecule has 328 valence electrons. The van der Waals surface area contributed by atoms with Gasteiger partial charge in [-0.2, -0.15) is 15.0 Å². The third kappa shape index (κ3) is 6.81. The van der Waals surface area contributed by atoms with E-state index in [-0.39, 0.29) is 36.6 Å². The molecule has 0 saturated heterocycles. The first-order valence-electron chi connectivity index (χ1n) is 26.0. The number of aromatic nitrogens is 4. The third-order valence-electron chi connectivity index (χ3n) is 13.7. The highest BCUT2D eigenvalue weighted by Gasteiger charge is 2.42. The molecular weight excluding hydrogens is 866 g/mol. The average Bonchev–Trinajstić information content (AvgIpc) is 3.86. The smallest absolute Gasteiger partial charge is 0.331 e. The zero-order valence-electron chi connectivity index (χ0n) is 42.8. The molecule has 0 saturated carbocycles. The summed E-state index contributed by atoms with van der Waals surface area (Å²) in [7, 11) is -3.37. The minimum Gasteiger partial charge on any atom is -0.345 e. The van der Waals surface area contributed by atoms with E-state index in [0.29, 0.717) is 23.3 Å². The fourth-order valence-corrected chi connectivity index (χ4v) is 15.6. The lowest BCUT2D eigenvalue weighted by Crippen LogP contribution is -2.74. The molecule has 0 unspecified atom stereocenters. The summed E-state index contributed by atoms with van der Waals surface area (Å²) in [6, 6.07) is 80.3. The molecule has 5 nitrogen and oxygen atoms in total. The van der Waals surface area contributed by atoms with Crippen molar-refractivity contribution in [2.24, 2.45) is 0 Å². The fourth-order valence-electron chi connectivity index (χ4n) is 10.8. The van der Waals surface area contributed by atoms with Crippen molar-refractivity contribution >= 4 is 80.0 Å². The summed E-state index contributed by atoms with van der Waals surface area (Å²) in [6.07, 6.45) is 0. The van der Waals surface area contributed by atoms with Gasteiger partial charge in [-0.25, -0.2) is 0 Å². The summed E-state index contributed by atoms with van der Waals surface area (Å²) in [5.41, 5.74) is 8.86. The molecule has 1 aliphatic heterocycles. The topological polar surface area (TPSA) is 46.8 Å². The Morgan fingerprint density at radius 3 is 1.59 bits per heavy atom. The quantitative estimate of drug-likeness (QED) is 0.107. The van der Waals surface area contributed by atoms with Gasteiger partial charge in [0.15, 0.2) is 13.9 Å². The summed E-state index contributed by atoms with van der Waals surface area (Å²) in [5, 5.41) is 6.38. The van der Waals surface area contributed by atoms with Crippen LogP contribution < -0.4 is 36.5 Å². The molecule has 10 aromatic carbocycles. The predicted octanol–water partition coefficient (Wildman–Crippen LogP) is 10.6. The SMILES string of the molecule is [2H]c1c([2H])c([2H])c(-c2cccc([Si](c3ccccc3)(c3ccccc3)c3cccc(-c4nc(N5B(c6ccccc6)c6ccccc6-c6ccccc65)nc(-n5c6ccccc6c6ccccc65)n4)c3)c2)c([2H])c1[2H]. The number of hydrogen-bond acceptors (Lipinski definition) is 4. The number of anilines is 2. The minimum absolute atomic E-state index is 0.159. The van der Waals surface area contributed by atoms with Gasteiger partial charge < -0.3 is 4.81 Å². The molecule has 0 aliphatic carbocycles. The summed E-state index contributed by atoms with van der Waals surface area (Å²) < 4.78 is 45.7. The maximum Gasteiger partial charge on any atom is 0.331 e. The fraction of sp³-hybridized carbons (Fsp3) is 0. The Hall–Kier alpha value is -8.91. The van der Waals surface area contributed by atoms with Gasteiger partial charge >= 0.3 is 6.85 Å². The van der Waals surface area contributed by atoms with Crippen molar-refractivity contribution in [1.82, 2.24) is 19.5 Å². The summed E-state index contributed by atoms with van der Waals surface area (Å²) in [4.78, 5) is 18.9. The van der Waals surface area contributed by atoms with Crippen molar-refractivity contribution in [2.45, 2.75) is 0 Å². The van der Waals surface area contributed by atoms with E-state index in [1.54, 1.807) is 0 Å². The molecule has 0 atom stereocenters.